The van der Waals surface area contributed by atoms with Gasteiger partial charge in [-0.05, 0) is 27.2 Å². The highest BCUT2D eigenvalue weighted by Gasteiger charge is 2.47. The number of hydrogen-bond donors (Lipinski definition) is 0. The summed E-state index contributed by atoms with van der Waals surface area (Å²) in [5, 5.41) is -1.40. The molecule has 1 saturated heterocycles. The molecule has 0 radical (unpaired) electrons. The summed E-state index contributed by atoms with van der Waals surface area (Å²) in [5.74, 6) is -3.08. The van der Waals surface area contributed by atoms with E-state index in [0.717, 1.165) is 4.90 Å². The summed E-state index contributed by atoms with van der Waals surface area (Å²) in [5.41, 5.74) is -0.711. The Morgan fingerprint density at radius 2 is 1.95 bits per heavy atom. The molecule has 1 rings (SSSR count). The zero-order chi connectivity index (χ0) is 14.8. The van der Waals surface area contributed by atoms with E-state index in [1.807, 2.05) is 0 Å². The molecule has 1 heterocycles. The molecule has 7 heteroatoms. The average molecular weight is 295 g/mol. The van der Waals surface area contributed by atoms with E-state index in [9.17, 15) is 18.4 Å². The number of ether oxygens (including phenoxy) is 1. The Bertz CT molecular complexity index is 368. The maximum Gasteiger partial charge on any atom is 0.410 e. The van der Waals surface area contributed by atoms with E-state index >= 15 is 0 Å². The molecule has 1 amide bonds. The van der Waals surface area contributed by atoms with Gasteiger partial charge in [-0.15, -0.1) is 0 Å². The molecule has 1 unspecified atom stereocenters. The Hall–Kier alpha value is -0.850. The highest BCUT2D eigenvalue weighted by Crippen LogP contribution is 2.36. The van der Waals surface area contributed by atoms with E-state index in [4.69, 9.17) is 4.74 Å². The van der Waals surface area contributed by atoms with Gasteiger partial charge in [-0.25, -0.2) is 13.6 Å². The molecule has 0 aliphatic carbocycles. The first-order chi connectivity index (χ1) is 8.51. The molecule has 0 N–H and O–H groups in total. The van der Waals surface area contributed by atoms with Crippen LogP contribution in [0.15, 0.2) is 0 Å². The van der Waals surface area contributed by atoms with Crippen molar-refractivity contribution < 1.29 is 23.1 Å². The Morgan fingerprint density at radius 1 is 1.37 bits per heavy atom. The lowest BCUT2D eigenvalue weighted by Crippen LogP contribution is -2.53. The van der Waals surface area contributed by atoms with Crippen LogP contribution < -0.4 is 0 Å². The lowest BCUT2D eigenvalue weighted by molar-refractivity contribution is -0.109. The van der Waals surface area contributed by atoms with Gasteiger partial charge in [0, 0.05) is 13.5 Å². The summed E-state index contributed by atoms with van der Waals surface area (Å²) in [6, 6.07) is 0. The Labute approximate surface area is 115 Å². The molecule has 0 aromatic heterocycles. The van der Waals surface area contributed by atoms with Gasteiger partial charge in [0.15, 0.2) is 5.12 Å². The van der Waals surface area contributed by atoms with Gasteiger partial charge in [0.05, 0.1) is 11.8 Å². The fraction of sp³-hybridized carbons (Fsp3) is 0.833. The number of carbonyl (C=O) groups is 2. The van der Waals surface area contributed by atoms with Crippen LogP contribution in [0.1, 0.15) is 34.1 Å². The first kappa shape index (κ1) is 16.2. The van der Waals surface area contributed by atoms with E-state index < -0.39 is 29.4 Å². The van der Waals surface area contributed by atoms with Crippen molar-refractivity contribution in [3.8, 4) is 0 Å². The highest BCUT2D eigenvalue weighted by atomic mass is 32.2. The molecule has 0 saturated carbocycles. The zero-order valence-corrected chi connectivity index (χ0v) is 12.4. The second kappa shape index (κ2) is 5.64. The van der Waals surface area contributed by atoms with Crippen molar-refractivity contribution in [1.29, 1.82) is 0 Å². The number of alkyl halides is 2. The van der Waals surface area contributed by atoms with Crippen molar-refractivity contribution in [2.45, 2.75) is 50.9 Å². The maximum atomic E-state index is 13.9. The molecule has 0 bridgehead atoms. The van der Waals surface area contributed by atoms with E-state index in [0.29, 0.717) is 11.8 Å². The number of thioether (sulfide) groups is 1. The van der Waals surface area contributed by atoms with Crippen LogP contribution in [0, 0.1) is 0 Å². The van der Waals surface area contributed by atoms with Crippen LogP contribution in [0.5, 0.6) is 0 Å². The molecule has 1 atom stereocenters. The third kappa shape index (κ3) is 4.97. The molecule has 0 spiro atoms. The lowest BCUT2D eigenvalue weighted by Gasteiger charge is -2.38. The standard InChI is InChI=1S/C12H19F2NO3S/c1-8(16)19-9-5-6-15(7-12(9,13)14)10(17)18-11(2,3)4/h9H,5-7H2,1-4H3. The highest BCUT2D eigenvalue weighted by molar-refractivity contribution is 8.14. The van der Waals surface area contributed by atoms with Crippen molar-refractivity contribution in [1.82, 2.24) is 4.90 Å². The minimum atomic E-state index is -3.08. The SMILES string of the molecule is CC(=O)SC1CCN(C(=O)OC(C)(C)C)CC1(F)F. The number of piperidine rings is 1. The molecule has 19 heavy (non-hydrogen) atoms. The number of likely N-dealkylation sites (tertiary alicyclic amines) is 1. The van der Waals surface area contributed by atoms with Crippen LogP contribution >= 0.6 is 11.8 Å². The van der Waals surface area contributed by atoms with Gasteiger partial charge in [0.25, 0.3) is 5.92 Å². The summed E-state index contributed by atoms with van der Waals surface area (Å²) in [7, 11) is 0. The molecule has 1 aliphatic heterocycles. The van der Waals surface area contributed by atoms with Crippen LogP contribution in [0.2, 0.25) is 0 Å². The van der Waals surface area contributed by atoms with Crippen LogP contribution in [0.3, 0.4) is 0 Å². The molecule has 0 aromatic carbocycles. The quantitative estimate of drug-likeness (QED) is 0.746. The Morgan fingerprint density at radius 3 is 2.37 bits per heavy atom. The summed E-state index contributed by atoms with van der Waals surface area (Å²) < 4.78 is 32.8. The fourth-order valence-electron chi connectivity index (χ4n) is 1.75. The van der Waals surface area contributed by atoms with E-state index in [2.05, 4.69) is 0 Å². The first-order valence-corrected chi connectivity index (χ1v) is 6.92. The Kier molecular flexibility index (Phi) is 4.81. The van der Waals surface area contributed by atoms with Crippen molar-refractivity contribution in [2.75, 3.05) is 13.1 Å². The second-order valence-electron chi connectivity index (χ2n) is 5.55. The van der Waals surface area contributed by atoms with Gasteiger partial charge in [-0.2, -0.15) is 0 Å². The topological polar surface area (TPSA) is 46.6 Å². The molecule has 110 valence electrons. The van der Waals surface area contributed by atoms with Gasteiger partial charge < -0.3 is 9.64 Å². The molecular formula is C12H19F2NO3S. The van der Waals surface area contributed by atoms with Gasteiger partial charge in [-0.3, -0.25) is 4.79 Å². The third-order valence-electron chi connectivity index (χ3n) is 2.49. The molecule has 4 nitrogen and oxygen atoms in total. The monoisotopic (exact) mass is 295 g/mol. The van der Waals surface area contributed by atoms with Crippen molar-refractivity contribution in [2.24, 2.45) is 0 Å². The number of hydrogen-bond acceptors (Lipinski definition) is 4. The number of carbonyl (C=O) groups excluding carboxylic acids is 2. The minimum absolute atomic E-state index is 0.0799. The van der Waals surface area contributed by atoms with Gasteiger partial charge >= 0.3 is 6.09 Å². The van der Waals surface area contributed by atoms with Crippen molar-refractivity contribution in [3.05, 3.63) is 0 Å². The zero-order valence-electron chi connectivity index (χ0n) is 11.5. The average Bonchev–Trinajstić information content (AvgIpc) is 2.17. The normalized spacial score (nSPS) is 23.1. The van der Waals surface area contributed by atoms with E-state index in [1.54, 1.807) is 20.8 Å². The summed E-state index contributed by atoms with van der Waals surface area (Å²) in [6.45, 7) is 5.79. The molecule has 1 fully saturated rings. The van der Waals surface area contributed by atoms with Crippen LogP contribution in [-0.2, 0) is 9.53 Å². The first-order valence-electron chi connectivity index (χ1n) is 6.04. The fourth-order valence-corrected chi connectivity index (χ4v) is 2.62. The summed E-state index contributed by atoms with van der Waals surface area (Å²) in [4.78, 5) is 23.7. The molecular weight excluding hydrogens is 276 g/mol. The predicted octanol–water partition coefficient (Wildman–Crippen LogP) is 2.91. The minimum Gasteiger partial charge on any atom is -0.444 e. The predicted molar refractivity (Wildman–Crippen MR) is 69.4 cm³/mol. The van der Waals surface area contributed by atoms with E-state index in [1.165, 1.54) is 6.92 Å². The number of nitrogens with zero attached hydrogens (tertiary/aromatic N) is 1. The summed E-state index contributed by atoms with van der Waals surface area (Å²) in [6.07, 6.45) is -0.658. The van der Waals surface area contributed by atoms with Gasteiger partial charge in [0.2, 0.25) is 0 Å². The largest absolute Gasteiger partial charge is 0.444 e. The number of halogens is 2. The van der Waals surface area contributed by atoms with Crippen LogP contribution in [-0.4, -0.2) is 46.0 Å². The smallest absolute Gasteiger partial charge is 0.410 e. The van der Waals surface area contributed by atoms with Crippen LogP contribution in [0.4, 0.5) is 13.6 Å². The van der Waals surface area contributed by atoms with E-state index in [-0.39, 0.29) is 18.1 Å². The lowest BCUT2D eigenvalue weighted by atomic mass is 10.1. The maximum absolute atomic E-state index is 13.9. The van der Waals surface area contributed by atoms with Crippen LogP contribution in [0.25, 0.3) is 0 Å². The van der Waals surface area contributed by atoms with Crippen molar-refractivity contribution >= 4 is 23.0 Å². The number of amides is 1. The Balaban J connectivity index is 2.65. The molecule has 1 aliphatic rings. The second-order valence-corrected chi connectivity index (χ2v) is 6.93. The molecule has 0 aromatic rings. The van der Waals surface area contributed by atoms with Crippen molar-refractivity contribution in [3.63, 3.8) is 0 Å². The number of rotatable bonds is 1. The van der Waals surface area contributed by atoms with Gasteiger partial charge in [-0.1, -0.05) is 11.8 Å². The summed E-state index contributed by atoms with van der Waals surface area (Å²) >= 11 is 0.642. The third-order valence-corrected chi connectivity index (χ3v) is 3.69. The van der Waals surface area contributed by atoms with Gasteiger partial charge in [0.1, 0.15) is 5.60 Å².